The molecule has 1 aliphatic rings. The number of carbonyl (C=O) groups is 2. The maximum absolute atomic E-state index is 13.4. The van der Waals surface area contributed by atoms with E-state index in [0.717, 1.165) is 41.2 Å². The summed E-state index contributed by atoms with van der Waals surface area (Å²) in [6.07, 6.45) is 2.77. The van der Waals surface area contributed by atoms with Crippen molar-refractivity contribution >= 4 is 34.7 Å². The van der Waals surface area contributed by atoms with E-state index in [-0.39, 0.29) is 11.8 Å². The second kappa shape index (κ2) is 9.57. The first-order chi connectivity index (χ1) is 16.0. The second-order valence-electron chi connectivity index (χ2n) is 8.47. The summed E-state index contributed by atoms with van der Waals surface area (Å²) in [4.78, 5) is 24.9. The van der Waals surface area contributed by atoms with E-state index in [4.69, 9.17) is 21.1 Å². The fraction of sp³-hybridized carbons (Fsp3) is 0.385. The number of aldehydes is 1. The van der Waals surface area contributed by atoms with Crippen LogP contribution in [0, 0.1) is 0 Å². The number of nitrogens with zero attached hydrogens (tertiary/aromatic N) is 1. The molecule has 4 rings (SSSR count). The summed E-state index contributed by atoms with van der Waals surface area (Å²) in [5.74, 6) is 0.284. The molecule has 1 aromatic heterocycles. The lowest BCUT2D eigenvalue weighted by Gasteiger charge is -2.42. The number of ether oxygens (including phenoxy) is 2. The van der Waals surface area contributed by atoms with Crippen molar-refractivity contribution < 1.29 is 19.1 Å². The quantitative estimate of drug-likeness (QED) is 0.445. The number of aryl methyl sites for hydroxylation is 1. The maximum atomic E-state index is 13.4. The van der Waals surface area contributed by atoms with Gasteiger partial charge in [-0.2, -0.15) is 0 Å². The SMILES string of the molecule is CCCC(C=O)c1ccc(C2(NC(=O)c3cc4c(Cl)c(OC)ccc4n3CC)COC2)cc1. The van der Waals surface area contributed by atoms with Gasteiger partial charge in [-0.25, -0.2) is 0 Å². The van der Waals surface area contributed by atoms with Crippen LogP contribution in [0.3, 0.4) is 0 Å². The zero-order valence-corrected chi connectivity index (χ0v) is 19.9. The van der Waals surface area contributed by atoms with E-state index in [1.54, 1.807) is 7.11 Å². The van der Waals surface area contributed by atoms with Crippen LogP contribution < -0.4 is 10.1 Å². The van der Waals surface area contributed by atoms with Gasteiger partial charge < -0.3 is 24.2 Å². The molecule has 0 radical (unpaired) electrons. The highest BCUT2D eigenvalue weighted by Crippen LogP contribution is 2.36. The highest BCUT2D eigenvalue weighted by molar-refractivity contribution is 6.37. The molecular weight excluding hydrogens is 440 g/mol. The standard InChI is InChI=1S/C26H29ClN2O4/c1-4-6-18(14-30)17-7-9-19(10-8-17)26(15-33-16-26)28-25(31)22-13-20-21(29(22)5-2)11-12-23(32-3)24(20)27/h7-14,18H,4-6,15-16H2,1-3H3,(H,28,31). The molecule has 2 aromatic carbocycles. The number of fused-ring (bicyclic) bond motifs is 1. The molecular formula is C26H29ClN2O4. The van der Waals surface area contributed by atoms with Gasteiger partial charge in [0.2, 0.25) is 0 Å². The van der Waals surface area contributed by atoms with Gasteiger partial charge in [-0.05, 0) is 42.7 Å². The number of nitrogens with one attached hydrogen (secondary N) is 1. The average molecular weight is 469 g/mol. The van der Waals surface area contributed by atoms with Gasteiger partial charge in [-0.1, -0.05) is 49.2 Å². The predicted molar refractivity (Wildman–Crippen MR) is 129 cm³/mol. The van der Waals surface area contributed by atoms with Crippen LogP contribution in [-0.2, 0) is 21.6 Å². The van der Waals surface area contributed by atoms with Crippen molar-refractivity contribution in [2.24, 2.45) is 0 Å². The molecule has 1 amide bonds. The number of aromatic nitrogens is 1. The summed E-state index contributed by atoms with van der Waals surface area (Å²) in [6, 6.07) is 13.5. The fourth-order valence-electron chi connectivity index (χ4n) is 4.54. The molecule has 2 heterocycles. The lowest BCUT2D eigenvalue weighted by Crippen LogP contribution is -2.59. The van der Waals surface area contributed by atoms with E-state index >= 15 is 0 Å². The Morgan fingerprint density at radius 3 is 2.52 bits per heavy atom. The van der Waals surface area contributed by atoms with E-state index in [0.29, 0.717) is 36.2 Å². The van der Waals surface area contributed by atoms with Gasteiger partial charge in [0.15, 0.2) is 0 Å². The van der Waals surface area contributed by atoms with Crippen molar-refractivity contribution in [3.63, 3.8) is 0 Å². The second-order valence-corrected chi connectivity index (χ2v) is 8.85. The van der Waals surface area contributed by atoms with E-state index < -0.39 is 5.54 Å². The Hall–Kier alpha value is -2.83. The van der Waals surface area contributed by atoms with E-state index in [1.165, 1.54) is 0 Å². The van der Waals surface area contributed by atoms with Gasteiger partial charge in [0.1, 0.15) is 23.3 Å². The van der Waals surface area contributed by atoms with Crippen molar-refractivity contribution in [1.82, 2.24) is 9.88 Å². The fourth-order valence-corrected chi connectivity index (χ4v) is 4.83. The molecule has 0 saturated carbocycles. The first-order valence-electron chi connectivity index (χ1n) is 11.3. The number of halogens is 1. The van der Waals surface area contributed by atoms with Crippen LogP contribution in [0.2, 0.25) is 5.02 Å². The van der Waals surface area contributed by atoms with Gasteiger partial charge >= 0.3 is 0 Å². The molecule has 1 fully saturated rings. The Kier molecular flexibility index (Phi) is 6.77. The number of methoxy groups -OCH3 is 1. The van der Waals surface area contributed by atoms with Crippen molar-refractivity contribution in [3.05, 3.63) is 64.3 Å². The summed E-state index contributed by atoms with van der Waals surface area (Å²) in [5.41, 5.74) is 2.77. The Labute approximate surface area is 198 Å². The summed E-state index contributed by atoms with van der Waals surface area (Å²) < 4.78 is 12.8. The molecule has 1 atom stereocenters. The Morgan fingerprint density at radius 2 is 1.97 bits per heavy atom. The monoisotopic (exact) mass is 468 g/mol. The van der Waals surface area contributed by atoms with Crippen molar-refractivity contribution in [3.8, 4) is 5.75 Å². The van der Waals surface area contributed by atoms with Crippen LogP contribution in [0.1, 0.15) is 54.2 Å². The van der Waals surface area contributed by atoms with Gasteiger partial charge in [-0.15, -0.1) is 0 Å². The number of rotatable bonds is 9. The molecule has 0 bridgehead atoms. The van der Waals surface area contributed by atoms with Crippen molar-refractivity contribution in [2.75, 3.05) is 20.3 Å². The van der Waals surface area contributed by atoms with Crippen LogP contribution in [-0.4, -0.2) is 37.1 Å². The number of amides is 1. The molecule has 0 aliphatic carbocycles. The van der Waals surface area contributed by atoms with Crippen LogP contribution >= 0.6 is 11.6 Å². The third-order valence-electron chi connectivity index (χ3n) is 6.46. The predicted octanol–water partition coefficient (Wildman–Crippen LogP) is 5.06. The molecule has 6 nitrogen and oxygen atoms in total. The first-order valence-corrected chi connectivity index (χ1v) is 11.7. The molecule has 3 aromatic rings. The summed E-state index contributed by atoms with van der Waals surface area (Å²) >= 11 is 6.52. The number of hydrogen-bond donors (Lipinski definition) is 1. The molecule has 33 heavy (non-hydrogen) atoms. The topological polar surface area (TPSA) is 69.6 Å². The minimum Gasteiger partial charge on any atom is -0.495 e. The molecule has 174 valence electrons. The highest BCUT2D eigenvalue weighted by atomic mass is 35.5. The molecule has 7 heteroatoms. The smallest absolute Gasteiger partial charge is 0.268 e. The normalized spacial score (nSPS) is 15.6. The zero-order chi connectivity index (χ0) is 23.6. The van der Waals surface area contributed by atoms with E-state index in [9.17, 15) is 9.59 Å². The maximum Gasteiger partial charge on any atom is 0.268 e. The minimum absolute atomic E-state index is 0.103. The number of hydrogen-bond acceptors (Lipinski definition) is 4. The Bertz CT molecular complexity index is 1170. The third kappa shape index (κ3) is 4.13. The third-order valence-corrected chi connectivity index (χ3v) is 6.85. The van der Waals surface area contributed by atoms with Gasteiger partial charge in [-0.3, -0.25) is 4.79 Å². The van der Waals surface area contributed by atoms with Gasteiger partial charge in [0.25, 0.3) is 5.91 Å². The highest BCUT2D eigenvalue weighted by Gasteiger charge is 2.42. The number of carbonyl (C=O) groups excluding carboxylic acids is 2. The molecule has 1 unspecified atom stereocenters. The largest absolute Gasteiger partial charge is 0.495 e. The molecule has 1 saturated heterocycles. The Morgan fingerprint density at radius 1 is 1.24 bits per heavy atom. The van der Waals surface area contributed by atoms with Crippen molar-refractivity contribution in [1.29, 1.82) is 0 Å². The van der Waals surface area contributed by atoms with Gasteiger partial charge in [0.05, 0.1) is 30.9 Å². The molecule has 1 N–H and O–H groups in total. The molecule has 1 aliphatic heterocycles. The van der Waals surface area contributed by atoms with E-state index in [2.05, 4.69) is 12.2 Å². The van der Waals surface area contributed by atoms with E-state index in [1.807, 2.05) is 54.0 Å². The van der Waals surface area contributed by atoms with Crippen LogP contribution in [0.15, 0.2) is 42.5 Å². The lowest BCUT2D eigenvalue weighted by atomic mass is 9.85. The van der Waals surface area contributed by atoms with Crippen molar-refractivity contribution in [2.45, 2.75) is 44.7 Å². The average Bonchev–Trinajstić information content (AvgIpc) is 3.20. The van der Waals surface area contributed by atoms with Crippen LogP contribution in [0.25, 0.3) is 10.9 Å². The summed E-state index contributed by atoms with van der Waals surface area (Å²) in [7, 11) is 1.57. The molecule has 0 spiro atoms. The summed E-state index contributed by atoms with van der Waals surface area (Å²) in [6.45, 7) is 5.47. The Balaban J connectivity index is 1.64. The van der Waals surface area contributed by atoms with Crippen LogP contribution in [0.4, 0.5) is 0 Å². The minimum atomic E-state index is -0.604. The first kappa shape index (κ1) is 23.3. The summed E-state index contributed by atoms with van der Waals surface area (Å²) in [5, 5.41) is 4.48. The van der Waals surface area contributed by atoms with Crippen LogP contribution in [0.5, 0.6) is 5.75 Å². The zero-order valence-electron chi connectivity index (χ0n) is 19.2. The van der Waals surface area contributed by atoms with Gasteiger partial charge in [0, 0.05) is 17.8 Å². The number of benzene rings is 2. The lowest BCUT2D eigenvalue weighted by molar-refractivity contribution is -0.109.